The van der Waals surface area contributed by atoms with Crippen LogP contribution in [-0.2, 0) is 0 Å². The number of nitrogens with one attached hydrogen (secondary N) is 1. The van der Waals surface area contributed by atoms with Crippen molar-refractivity contribution in [1.82, 2.24) is 5.43 Å². The van der Waals surface area contributed by atoms with Crippen LogP contribution < -0.4 is 10.3 Å². The highest BCUT2D eigenvalue weighted by molar-refractivity contribution is 5.95. The molecule has 4 heteroatoms. The Labute approximate surface area is 134 Å². The molecule has 1 rings (SSSR count). The van der Waals surface area contributed by atoms with E-state index < -0.39 is 0 Å². The summed E-state index contributed by atoms with van der Waals surface area (Å²) in [7, 11) is 0. The van der Waals surface area contributed by atoms with Gasteiger partial charge in [-0.05, 0) is 63.8 Å². The van der Waals surface area contributed by atoms with Gasteiger partial charge in [0.2, 0.25) is 0 Å². The predicted molar refractivity (Wildman–Crippen MR) is 94.7 cm³/mol. The second-order valence-electron chi connectivity index (χ2n) is 5.94. The number of rotatable bonds is 8. The lowest BCUT2D eigenvalue weighted by atomic mass is 10.1. The zero-order chi connectivity index (χ0) is 16.5. The van der Waals surface area contributed by atoms with Crippen LogP contribution in [0.3, 0.4) is 0 Å². The number of hydrazone groups is 1. The number of carbonyl (C=O) groups is 1. The quantitative estimate of drug-likeness (QED) is 0.581. The Hall–Kier alpha value is -1.84. The van der Waals surface area contributed by atoms with E-state index in [-0.39, 0.29) is 5.91 Å². The molecule has 122 valence electrons. The molecule has 1 aromatic carbocycles. The van der Waals surface area contributed by atoms with Gasteiger partial charge in [0.25, 0.3) is 5.91 Å². The van der Waals surface area contributed by atoms with Crippen molar-refractivity contribution in [2.75, 3.05) is 18.0 Å². The minimum absolute atomic E-state index is 0.157. The van der Waals surface area contributed by atoms with Gasteiger partial charge in [0, 0.05) is 30.1 Å². The fourth-order valence-corrected chi connectivity index (χ4v) is 2.18. The number of anilines is 1. The maximum Gasteiger partial charge on any atom is 0.271 e. The van der Waals surface area contributed by atoms with Crippen LogP contribution in [0.15, 0.2) is 29.4 Å². The van der Waals surface area contributed by atoms with E-state index in [1.165, 1.54) is 0 Å². The molecule has 0 radical (unpaired) electrons. The lowest BCUT2D eigenvalue weighted by Gasteiger charge is -2.20. The zero-order valence-electron chi connectivity index (χ0n) is 14.5. The molecule has 0 fully saturated rings. The molecule has 1 N–H and O–H groups in total. The molecule has 0 bridgehead atoms. The molecule has 0 atom stereocenters. The first kappa shape index (κ1) is 18.2. The van der Waals surface area contributed by atoms with Gasteiger partial charge >= 0.3 is 0 Å². The van der Waals surface area contributed by atoms with E-state index >= 15 is 0 Å². The topological polar surface area (TPSA) is 44.7 Å². The molecule has 0 spiro atoms. The van der Waals surface area contributed by atoms with Gasteiger partial charge in [-0.15, -0.1) is 0 Å². The van der Waals surface area contributed by atoms with E-state index in [0.717, 1.165) is 37.3 Å². The predicted octanol–water partition coefficient (Wildman–Crippen LogP) is 4.07. The Morgan fingerprint density at radius 3 is 2.27 bits per heavy atom. The maximum atomic E-state index is 12.1. The Morgan fingerprint density at radius 2 is 1.77 bits per heavy atom. The molecule has 22 heavy (non-hydrogen) atoms. The summed E-state index contributed by atoms with van der Waals surface area (Å²) in [5.41, 5.74) is 5.37. The average molecular weight is 303 g/mol. The molecule has 1 amide bonds. The Bertz CT molecular complexity index is 488. The van der Waals surface area contributed by atoms with Crippen LogP contribution in [-0.4, -0.2) is 24.7 Å². The number of hydrogen-bond donors (Lipinski definition) is 1. The summed E-state index contributed by atoms with van der Waals surface area (Å²) < 4.78 is 0. The van der Waals surface area contributed by atoms with Gasteiger partial charge < -0.3 is 4.90 Å². The monoisotopic (exact) mass is 303 g/mol. The third kappa shape index (κ3) is 5.88. The minimum atomic E-state index is -0.157. The SMILES string of the molecule is CCN(CC)c1ccc(C(=O)N/N=C(\C)CCC(C)C)cc1. The van der Waals surface area contributed by atoms with Gasteiger partial charge in [-0.2, -0.15) is 5.10 Å². The van der Waals surface area contributed by atoms with Gasteiger partial charge in [0.1, 0.15) is 0 Å². The van der Waals surface area contributed by atoms with Crippen molar-refractivity contribution in [2.45, 2.75) is 47.5 Å². The van der Waals surface area contributed by atoms with Crippen LogP contribution in [0.5, 0.6) is 0 Å². The van der Waals surface area contributed by atoms with E-state index in [4.69, 9.17) is 0 Å². The van der Waals surface area contributed by atoms with Crippen molar-refractivity contribution in [3.63, 3.8) is 0 Å². The maximum absolute atomic E-state index is 12.1. The average Bonchev–Trinajstić information content (AvgIpc) is 2.52. The van der Waals surface area contributed by atoms with E-state index in [9.17, 15) is 4.79 Å². The fraction of sp³-hybridized carbons (Fsp3) is 0.556. The van der Waals surface area contributed by atoms with Crippen molar-refractivity contribution in [3.05, 3.63) is 29.8 Å². The normalized spacial score (nSPS) is 11.6. The molecule has 0 aliphatic heterocycles. The first-order valence-corrected chi connectivity index (χ1v) is 8.16. The van der Waals surface area contributed by atoms with Crippen LogP contribution in [0, 0.1) is 5.92 Å². The molecular formula is C18H29N3O. The molecule has 0 aromatic heterocycles. The van der Waals surface area contributed by atoms with Crippen LogP contribution >= 0.6 is 0 Å². The molecule has 4 nitrogen and oxygen atoms in total. The summed E-state index contributed by atoms with van der Waals surface area (Å²) in [4.78, 5) is 14.3. The smallest absolute Gasteiger partial charge is 0.271 e. The molecule has 0 aliphatic carbocycles. The highest BCUT2D eigenvalue weighted by atomic mass is 16.2. The number of hydrogen-bond acceptors (Lipinski definition) is 3. The second kappa shape index (κ2) is 9.23. The molecule has 0 heterocycles. The van der Waals surface area contributed by atoms with Crippen LogP contribution in [0.2, 0.25) is 0 Å². The van der Waals surface area contributed by atoms with Crippen molar-refractivity contribution < 1.29 is 4.79 Å². The molecule has 1 aromatic rings. The van der Waals surface area contributed by atoms with Gasteiger partial charge in [-0.3, -0.25) is 4.79 Å². The summed E-state index contributed by atoms with van der Waals surface area (Å²) in [6.45, 7) is 12.5. The molecule has 0 aliphatic rings. The highest BCUT2D eigenvalue weighted by Crippen LogP contribution is 2.14. The largest absolute Gasteiger partial charge is 0.372 e. The summed E-state index contributed by atoms with van der Waals surface area (Å²) in [6.07, 6.45) is 2.00. The first-order valence-electron chi connectivity index (χ1n) is 8.16. The minimum Gasteiger partial charge on any atom is -0.372 e. The van der Waals surface area contributed by atoms with Crippen molar-refractivity contribution >= 4 is 17.3 Å². The van der Waals surface area contributed by atoms with E-state index in [0.29, 0.717) is 11.5 Å². The number of benzene rings is 1. The molecule has 0 unspecified atom stereocenters. The van der Waals surface area contributed by atoms with E-state index in [1.807, 2.05) is 31.2 Å². The van der Waals surface area contributed by atoms with E-state index in [2.05, 4.69) is 43.1 Å². The Morgan fingerprint density at radius 1 is 1.18 bits per heavy atom. The van der Waals surface area contributed by atoms with Crippen molar-refractivity contribution in [3.8, 4) is 0 Å². The third-order valence-electron chi connectivity index (χ3n) is 3.69. The lowest BCUT2D eigenvalue weighted by Crippen LogP contribution is -2.22. The Balaban J connectivity index is 2.61. The van der Waals surface area contributed by atoms with Crippen molar-refractivity contribution in [1.29, 1.82) is 0 Å². The number of carbonyl (C=O) groups excluding carboxylic acids is 1. The van der Waals surface area contributed by atoms with E-state index in [1.54, 1.807) is 0 Å². The fourth-order valence-electron chi connectivity index (χ4n) is 2.18. The lowest BCUT2D eigenvalue weighted by molar-refractivity contribution is 0.0954. The number of nitrogens with zero attached hydrogens (tertiary/aromatic N) is 2. The Kier molecular flexibility index (Phi) is 7.64. The summed E-state index contributed by atoms with van der Waals surface area (Å²) in [5.74, 6) is 0.489. The van der Waals surface area contributed by atoms with Crippen LogP contribution in [0.25, 0.3) is 0 Å². The van der Waals surface area contributed by atoms with Gasteiger partial charge in [-0.25, -0.2) is 5.43 Å². The van der Waals surface area contributed by atoms with Crippen molar-refractivity contribution in [2.24, 2.45) is 11.0 Å². The summed E-state index contributed by atoms with van der Waals surface area (Å²) in [5, 5.41) is 4.17. The first-order chi connectivity index (χ1) is 10.5. The van der Waals surface area contributed by atoms with Gasteiger partial charge in [0.05, 0.1) is 0 Å². The number of amides is 1. The third-order valence-corrected chi connectivity index (χ3v) is 3.69. The molecule has 0 saturated heterocycles. The summed E-state index contributed by atoms with van der Waals surface area (Å²) >= 11 is 0. The van der Waals surface area contributed by atoms with Gasteiger partial charge in [-0.1, -0.05) is 13.8 Å². The molecular weight excluding hydrogens is 274 g/mol. The standard InChI is InChI=1S/C18H29N3O/c1-6-21(7-2)17-12-10-16(11-13-17)18(22)20-19-15(5)9-8-14(3)4/h10-14H,6-9H2,1-5H3,(H,20,22)/b19-15+. The highest BCUT2D eigenvalue weighted by Gasteiger charge is 2.07. The van der Waals surface area contributed by atoms with Crippen LogP contribution in [0.4, 0.5) is 5.69 Å². The summed E-state index contributed by atoms with van der Waals surface area (Å²) in [6, 6.07) is 7.67. The zero-order valence-corrected chi connectivity index (χ0v) is 14.5. The second-order valence-corrected chi connectivity index (χ2v) is 5.94. The van der Waals surface area contributed by atoms with Gasteiger partial charge in [0.15, 0.2) is 0 Å². The van der Waals surface area contributed by atoms with Crippen LogP contribution in [0.1, 0.15) is 57.8 Å². The molecule has 0 saturated carbocycles.